The van der Waals surface area contributed by atoms with Crippen LogP contribution in [0.4, 0.5) is 0 Å². The average molecular weight is 871 g/mol. The van der Waals surface area contributed by atoms with E-state index in [2.05, 4.69) is 238 Å². The van der Waals surface area contributed by atoms with Gasteiger partial charge < -0.3 is 4.42 Å². The lowest BCUT2D eigenvalue weighted by atomic mass is 9.82. The van der Waals surface area contributed by atoms with E-state index in [1.165, 1.54) is 103 Å². The molecule has 0 saturated carbocycles. The van der Waals surface area contributed by atoms with Crippen LogP contribution in [0.5, 0.6) is 0 Å². The molecule has 13 aromatic rings. The minimum absolute atomic E-state index is 0.877. The Kier molecular flexibility index (Phi) is 9.16. The molecule has 0 fully saturated rings. The lowest BCUT2D eigenvalue weighted by Crippen LogP contribution is -1.96. The van der Waals surface area contributed by atoms with Crippen LogP contribution in [0, 0.1) is 0 Å². The fourth-order valence-electron chi connectivity index (χ4n) is 10.9. The van der Waals surface area contributed by atoms with Crippen molar-refractivity contribution in [1.29, 1.82) is 0 Å². The molecule has 0 atom stereocenters. The lowest BCUT2D eigenvalue weighted by Gasteiger charge is -2.21. The molecule has 2 heterocycles. The van der Waals surface area contributed by atoms with Gasteiger partial charge >= 0.3 is 0 Å². The maximum absolute atomic E-state index is 6.46. The summed E-state index contributed by atoms with van der Waals surface area (Å²) in [4.78, 5) is 0. The molecule has 0 spiro atoms. The summed E-state index contributed by atoms with van der Waals surface area (Å²) in [6.45, 7) is 6.64. The van der Waals surface area contributed by atoms with Crippen LogP contribution in [0.2, 0.25) is 0 Å². The smallest absolute Gasteiger partial charge is 0.135 e. The summed E-state index contributed by atoms with van der Waals surface area (Å²) < 4.78 is 9.00. The van der Waals surface area contributed by atoms with Crippen LogP contribution in [0.15, 0.2) is 223 Å². The first-order valence-electron chi connectivity index (χ1n) is 23.0. The number of thiophene rings is 1. The number of hydrogen-bond acceptors (Lipinski definition) is 2. The molecule has 2 aromatic heterocycles. The van der Waals surface area contributed by atoms with Crippen LogP contribution in [0.25, 0.3) is 142 Å². The van der Waals surface area contributed by atoms with E-state index >= 15 is 0 Å². The third-order valence-electron chi connectivity index (χ3n) is 13.7. The fourth-order valence-corrected chi connectivity index (χ4v) is 12.0. The van der Waals surface area contributed by atoms with Crippen LogP contribution < -0.4 is 0 Å². The van der Waals surface area contributed by atoms with Gasteiger partial charge in [-0.15, -0.1) is 11.3 Å². The van der Waals surface area contributed by atoms with Gasteiger partial charge in [0.15, 0.2) is 0 Å². The van der Waals surface area contributed by atoms with E-state index in [1.807, 2.05) is 11.3 Å². The fraction of sp³-hybridized carbons (Fsp3) is 0.0154. The van der Waals surface area contributed by atoms with Crippen molar-refractivity contribution in [2.45, 2.75) is 6.92 Å². The van der Waals surface area contributed by atoms with Crippen molar-refractivity contribution in [2.75, 3.05) is 0 Å². The van der Waals surface area contributed by atoms with Gasteiger partial charge in [-0.1, -0.05) is 189 Å². The standard InChI is InChI=1S/C65H42OS/c1-3-18-46-45(4-2)62(43-32-35-58-55(38-43)54-37-42(31-34-57(54)66-58)40-19-7-5-8-20-40)51-27-15-16-28-52(51)64(46)53-29-17-30-60-65(53)56-39-44(33-36-59(56)67-60)63-49-25-13-11-23-47(49)61(41-21-9-6-10-22-41)48-24-12-14-26-50(48)63/h3-39H,2H2,1H3/b18-3-. The molecule has 0 unspecified atom stereocenters. The molecule has 0 N–H and O–H groups in total. The van der Waals surface area contributed by atoms with Crippen LogP contribution >= 0.6 is 11.3 Å². The molecular formula is C65H42OS. The largest absolute Gasteiger partial charge is 0.456 e. The van der Waals surface area contributed by atoms with Crippen molar-refractivity contribution in [1.82, 2.24) is 0 Å². The summed E-state index contributed by atoms with van der Waals surface area (Å²) in [6, 6.07) is 75.4. The van der Waals surface area contributed by atoms with Gasteiger partial charge in [0.05, 0.1) is 0 Å². The highest BCUT2D eigenvalue weighted by Gasteiger charge is 2.24. The van der Waals surface area contributed by atoms with E-state index in [0.717, 1.165) is 38.6 Å². The Morgan fingerprint density at radius 3 is 1.48 bits per heavy atom. The second-order valence-electron chi connectivity index (χ2n) is 17.4. The predicted molar refractivity (Wildman–Crippen MR) is 291 cm³/mol. The molecule has 1 nitrogen and oxygen atoms in total. The molecule has 314 valence electrons. The van der Waals surface area contributed by atoms with Crippen LogP contribution in [-0.2, 0) is 0 Å². The number of hydrogen-bond donors (Lipinski definition) is 0. The number of fused-ring (bicyclic) bond motifs is 9. The Balaban J connectivity index is 1.05. The van der Waals surface area contributed by atoms with E-state index in [-0.39, 0.29) is 0 Å². The first-order valence-corrected chi connectivity index (χ1v) is 23.8. The predicted octanol–water partition coefficient (Wildman–Crippen LogP) is 19.4. The second kappa shape index (κ2) is 15.7. The van der Waals surface area contributed by atoms with Gasteiger partial charge in [-0.25, -0.2) is 0 Å². The Morgan fingerprint density at radius 1 is 0.373 bits per heavy atom. The lowest BCUT2D eigenvalue weighted by molar-refractivity contribution is 0.669. The number of allylic oxidation sites excluding steroid dienone is 1. The Bertz CT molecular complexity index is 4110. The Labute approximate surface area is 392 Å². The van der Waals surface area contributed by atoms with Gasteiger partial charge in [0.2, 0.25) is 0 Å². The van der Waals surface area contributed by atoms with Gasteiger partial charge in [0.25, 0.3) is 0 Å². The summed E-state index contributed by atoms with van der Waals surface area (Å²) in [5, 5.41) is 12.2. The van der Waals surface area contributed by atoms with Crippen molar-refractivity contribution in [3.8, 4) is 55.6 Å². The minimum atomic E-state index is 0.877. The normalized spacial score (nSPS) is 12.0. The van der Waals surface area contributed by atoms with Gasteiger partial charge in [0.1, 0.15) is 11.2 Å². The SMILES string of the molecule is C=Cc1c(/C=C\C)c(-c2cccc3sc4ccc(-c5c6ccccc6c(-c6ccccc6)c6ccccc56)cc4c23)c2ccccc2c1-c1ccc2oc3ccc(-c4ccccc4)cc3c2c1. The van der Waals surface area contributed by atoms with Crippen molar-refractivity contribution >= 4 is 97.9 Å². The molecule has 0 amide bonds. The zero-order chi connectivity index (χ0) is 44.6. The van der Waals surface area contributed by atoms with Crippen LogP contribution in [0.1, 0.15) is 18.1 Å². The highest BCUT2D eigenvalue weighted by atomic mass is 32.1. The summed E-state index contributed by atoms with van der Waals surface area (Å²) in [5.41, 5.74) is 16.1. The summed E-state index contributed by atoms with van der Waals surface area (Å²) in [6.07, 6.45) is 6.51. The summed E-state index contributed by atoms with van der Waals surface area (Å²) >= 11 is 1.87. The highest BCUT2D eigenvalue weighted by Crippen LogP contribution is 2.50. The maximum atomic E-state index is 6.46. The molecule has 13 rings (SSSR count). The molecule has 0 radical (unpaired) electrons. The van der Waals surface area contributed by atoms with Crippen LogP contribution in [-0.4, -0.2) is 0 Å². The van der Waals surface area contributed by atoms with E-state index in [4.69, 9.17) is 4.42 Å². The average Bonchev–Trinajstić information content (AvgIpc) is 3.95. The van der Waals surface area contributed by atoms with E-state index in [1.54, 1.807) is 0 Å². The quantitative estimate of drug-likeness (QED) is 0.145. The van der Waals surface area contributed by atoms with Crippen molar-refractivity contribution < 1.29 is 4.42 Å². The van der Waals surface area contributed by atoms with Crippen molar-refractivity contribution in [2.24, 2.45) is 0 Å². The highest BCUT2D eigenvalue weighted by molar-refractivity contribution is 7.26. The molecular weight excluding hydrogens is 829 g/mol. The van der Waals surface area contributed by atoms with Gasteiger partial charge in [-0.3, -0.25) is 0 Å². The number of furan rings is 1. The van der Waals surface area contributed by atoms with E-state index < -0.39 is 0 Å². The molecule has 0 aliphatic carbocycles. The van der Waals surface area contributed by atoms with Crippen molar-refractivity contribution in [3.05, 3.63) is 230 Å². The van der Waals surface area contributed by atoms with Crippen LogP contribution in [0.3, 0.4) is 0 Å². The second-order valence-corrected chi connectivity index (χ2v) is 18.5. The number of rotatable bonds is 7. The third kappa shape index (κ3) is 6.14. The molecule has 2 heteroatoms. The monoisotopic (exact) mass is 870 g/mol. The topological polar surface area (TPSA) is 13.1 Å². The molecule has 0 aliphatic rings. The molecule has 67 heavy (non-hydrogen) atoms. The third-order valence-corrected chi connectivity index (χ3v) is 14.9. The first-order chi connectivity index (χ1) is 33.2. The zero-order valence-corrected chi connectivity index (χ0v) is 37.7. The molecule has 0 aliphatic heterocycles. The van der Waals surface area contributed by atoms with Gasteiger partial charge in [-0.2, -0.15) is 0 Å². The Hall–Kier alpha value is -8.30. The van der Waals surface area contributed by atoms with E-state index in [0.29, 0.717) is 0 Å². The van der Waals surface area contributed by atoms with Crippen molar-refractivity contribution in [3.63, 3.8) is 0 Å². The first kappa shape index (κ1) is 39.1. The molecule has 0 bridgehead atoms. The Morgan fingerprint density at radius 2 is 0.866 bits per heavy atom. The summed E-state index contributed by atoms with van der Waals surface area (Å²) in [5.74, 6) is 0. The summed E-state index contributed by atoms with van der Waals surface area (Å²) in [7, 11) is 0. The van der Waals surface area contributed by atoms with E-state index in [9.17, 15) is 0 Å². The zero-order valence-electron chi connectivity index (χ0n) is 36.9. The molecule has 0 saturated heterocycles. The number of benzene rings is 11. The maximum Gasteiger partial charge on any atom is 0.135 e. The van der Waals surface area contributed by atoms with Gasteiger partial charge in [0, 0.05) is 30.9 Å². The molecule has 11 aromatic carbocycles. The minimum Gasteiger partial charge on any atom is -0.456 e. The van der Waals surface area contributed by atoms with Gasteiger partial charge in [-0.05, 0) is 148 Å².